The quantitative estimate of drug-likeness (QED) is 0.746. The van der Waals surface area contributed by atoms with Crippen molar-refractivity contribution in [1.82, 2.24) is 0 Å². The molecule has 2 aromatic carbocycles. The summed E-state index contributed by atoms with van der Waals surface area (Å²) in [7, 11) is -3.85. The van der Waals surface area contributed by atoms with Gasteiger partial charge >= 0.3 is 0 Å². The van der Waals surface area contributed by atoms with Gasteiger partial charge in [0.2, 0.25) is 15.9 Å². The lowest BCUT2D eigenvalue weighted by Crippen LogP contribution is -2.43. The highest BCUT2D eigenvalue weighted by Gasteiger charge is 2.44. The number of anilines is 1. The molecule has 0 radical (unpaired) electrons. The van der Waals surface area contributed by atoms with E-state index in [4.69, 9.17) is 16.7 Å². The van der Waals surface area contributed by atoms with Crippen molar-refractivity contribution >= 4 is 39.0 Å². The average molecular weight is 459 g/mol. The van der Waals surface area contributed by atoms with E-state index in [2.05, 4.69) is 0 Å². The Balaban J connectivity index is 1.87. The van der Waals surface area contributed by atoms with Crippen LogP contribution in [0, 0.1) is 5.41 Å². The number of carbonyl (C=O) groups is 2. The number of nitrogens with two attached hydrogens (primary N) is 1. The van der Waals surface area contributed by atoms with E-state index in [-0.39, 0.29) is 34.3 Å². The number of hydrogen-bond donors (Lipinski definition) is 1. The second kappa shape index (κ2) is 7.58. The van der Waals surface area contributed by atoms with Gasteiger partial charge in [0.15, 0.2) is 5.78 Å². The molecular formula is C23H23ClN2O4S. The van der Waals surface area contributed by atoms with Gasteiger partial charge in [0.25, 0.3) is 0 Å². The SMILES string of the molecule is CC1(C)CC(=O)C2=C(C1)N(c1ccc(S(N)(=O)=O)cc1)C(=O)CC2c1cccc(Cl)c1. The topological polar surface area (TPSA) is 97.5 Å². The molecule has 0 aromatic heterocycles. The molecule has 1 aliphatic carbocycles. The molecule has 1 aliphatic heterocycles. The van der Waals surface area contributed by atoms with Gasteiger partial charge in [-0.3, -0.25) is 14.5 Å². The summed E-state index contributed by atoms with van der Waals surface area (Å²) < 4.78 is 23.2. The third-order valence-corrected chi connectivity index (χ3v) is 6.98. The van der Waals surface area contributed by atoms with Gasteiger partial charge < -0.3 is 0 Å². The predicted octanol–water partition coefficient (Wildman–Crippen LogP) is 4.15. The summed E-state index contributed by atoms with van der Waals surface area (Å²) in [6.45, 7) is 4.01. The van der Waals surface area contributed by atoms with Crippen molar-refractivity contribution in [3.63, 3.8) is 0 Å². The van der Waals surface area contributed by atoms with E-state index in [1.54, 1.807) is 29.2 Å². The number of nitrogens with zero attached hydrogens (tertiary/aromatic N) is 1. The van der Waals surface area contributed by atoms with Crippen LogP contribution in [0.4, 0.5) is 5.69 Å². The molecule has 2 aromatic rings. The van der Waals surface area contributed by atoms with Crippen molar-refractivity contribution in [3.05, 3.63) is 70.4 Å². The number of Topliss-reactive ketones (excluding diaryl/α,β-unsaturated/α-hetero) is 1. The number of halogens is 1. The first-order valence-corrected chi connectivity index (χ1v) is 11.9. The summed E-state index contributed by atoms with van der Waals surface area (Å²) in [5, 5.41) is 5.75. The molecule has 1 heterocycles. The Kier molecular flexibility index (Phi) is 5.32. The van der Waals surface area contributed by atoms with E-state index in [1.807, 2.05) is 26.0 Å². The Morgan fingerprint density at radius 3 is 2.35 bits per heavy atom. The second-order valence-corrected chi connectivity index (χ2v) is 10.9. The highest BCUT2D eigenvalue weighted by molar-refractivity contribution is 7.89. The van der Waals surface area contributed by atoms with E-state index < -0.39 is 10.0 Å². The van der Waals surface area contributed by atoms with Crippen LogP contribution in [0.25, 0.3) is 0 Å². The highest BCUT2D eigenvalue weighted by Crippen LogP contribution is 2.48. The molecule has 162 valence electrons. The van der Waals surface area contributed by atoms with Crippen LogP contribution in [-0.2, 0) is 19.6 Å². The molecule has 31 heavy (non-hydrogen) atoms. The van der Waals surface area contributed by atoms with Crippen molar-refractivity contribution in [1.29, 1.82) is 0 Å². The normalized spacial score (nSPS) is 21.3. The third kappa shape index (κ3) is 4.18. The van der Waals surface area contributed by atoms with Gasteiger partial charge in [-0.15, -0.1) is 0 Å². The lowest BCUT2D eigenvalue weighted by molar-refractivity contribution is -0.121. The van der Waals surface area contributed by atoms with E-state index in [0.717, 1.165) is 5.56 Å². The summed E-state index contributed by atoms with van der Waals surface area (Å²) in [6, 6.07) is 13.1. The molecule has 6 nitrogen and oxygen atoms in total. The van der Waals surface area contributed by atoms with Gasteiger partial charge in [-0.05, 0) is 53.8 Å². The zero-order chi connectivity index (χ0) is 22.6. The molecule has 1 atom stereocenters. The molecule has 1 unspecified atom stereocenters. The first kappa shape index (κ1) is 21.7. The maximum absolute atomic E-state index is 13.3. The zero-order valence-corrected chi connectivity index (χ0v) is 18.8. The molecule has 4 rings (SSSR count). The fourth-order valence-corrected chi connectivity index (χ4v) is 5.22. The molecule has 0 spiro atoms. The van der Waals surface area contributed by atoms with Crippen LogP contribution < -0.4 is 10.0 Å². The number of allylic oxidation sites excluding steroid dienone is 2. The van der Waals surface area contributed by atoms with Crippen LogP contribution in [0.2, 0.25) is 5.02 Å². The van der Waals surface area contributed by atoms with Crippen molar-refractivity contribution < 1.29 is 18.0 Å². The molecule has 0 saturated heterocycles. The van der Waals surface area contributed by atoms with Gasteiger partial charge in [0.1, 0.15) is 0 Å². The van der Waals surface area contributed by atoms with Crippen LogP contribution in [-0.4, -0.2) is 20.1 Å². The maximum atomic E-state index is 13.3. The summed E-state index contributed by atoms with van der Waals surface area (Å²) in [5.41, 5.74) is 2.36. The molecule has 2 aliphatic rings. The minimum atomic E-state index is -3.85. The molecule has 0 fully saturated rings. The van der Waals surface area contributed by atoms with Gasteiger partial charge in [0, 0.05) is 40.7 Å². The fourth-order valence-electron chi connectivity index (χ4n) is 4.51. The number of rotatable bonds is 3. The average Bonchev–Trinajstić information content (AvgIpc) is 2.65. The summed E-state index contributed by atoms with van der Waals surface area (Å²) in [4.78, 5) is 28.1. The van der Waals surface area contributed by atoms with Gasteiger partial charge in [0.05, 0.1) is 4.90 Å². The summed E-state index contributed by atoms with van der Waals surface area (Å²) >= 11 is 6.18. The molecule has 0 bridgehead atoms. The smallest absolute Gasteiger partial charge is 0.238 e. The molecule has 0 saturated carbocycles. The van der Waals surface area contributed by atoms with E-state index in [9.17, 15) is 18.0 Å². The Hall–Kier alpha value is -2.48. The number of sulfonamides is 1. The van der Waals surface area contributed by atoms with Crippen LogP contribution >= 0.6 is 11.6 Å². The standard InChI is InChI=1S/C23H23ClN2O4S/c1-23(2)12-19-22(20(27)13-23)18(14-4-3-5-15(24)10-14)11-21(28)26(19)16-6-8-17(9-7-16)31(25,29)30/h3-10,18H,11-13H2,1-2H3,(H2,25,29,30). The number of benzene rings is 2. The van der Waals surface area contributed by atoms with Crippen molar-refractivity contribution in [2.45, 2.75) is 43.9 Å². The zero-order valence-electron chi connectivity index (χ0n) is 17.3. The second-order valence-electron chi connectivity index (χ2n) is 8.88. The number of amides is 1. The first-order chi connectivity index (χ1) is 14.5. The first-order valence-electron chi connectivity index (χ1n) is 9.94. The van der Waals surface area contributed by atoms with E-state index in [1.165, 1.54) is 12.1 Å². The number of hydrogen-bond acceptors (Lipinski definition) is 4. The summed E-state index contributed by atoms with van der Waals surface area (Å²) in [6.07, 6.45) is 1.07. The summed E-state index contributed by atoms with van der Waals surface area (Å²) in [5.74, 6) is -0.489. The number of primary sulfonamides is 1. The van der Waals surface area contributed by atoms with Crippen LogP contribution in [0.5, 0.6) is 0 Å². The number of carbonyl (C=O) groups excluding carboxylic acids is 2. The Morgan fingerprint density at radius 1 is 1.06 bits per heavy atom. The lowest BCUT2D eigenvalue weighted by atomic mass is 9.69. The monoisotopic (exact) mass is 458 g/mol. The van der Waals surface area contributed by atoms with Gasteiger partial charge in [-0.25, -0.2) is 13.6 Å². The predicted molar refractivity (Wildman–Crippen MR) is 119 cm³/mol. The number of ketones is 1. The lowest BCUT2D eigenvalue weighted by Gasteiger charge is -2.43. The van der Waals surface area contributed by atoms with E-state index in [0.29, 0.717) is 34.8 Å². The highest BCUT2D eigenvalue weighted by atomic mass is 35.5. The van der Waals surface area contributed by atoms with Crippen LogP contribution in [0.3, 0.4) is 0 Å². The molecule has 2 N–H and O–H groups in total. The Bertz CT molecular complexity index is 1220. The van der Waals surface area contributed by atoms with Crippen LogP contribution in [0.15, 0.2) is 64.7 Å². The van der Waals surface area contributed by atoms with Gasteiger partial charge in [-0.2, -0.15) is 0 Å². The Morgan fingerprint density at radius 2 is 1.74 bits per heavy atom. The fraction of sp³-hybridized carbons (Fsp3) is 0.304. The van der Waals surface area contributed by atoms with Crippen molar-refractivity contribution in [2.75, 3.05) is 4.90 Å². The third-order valence-electron chi connectivity index (χ3n) is 5.82. The molecule has 1 amide bonds. The minimum absolute atomic E-state index is 0.0230. The molecular weight excluding hydrogens is 436 g/mol. The minimum Gasteiger partial charge on any atom is -0.294 e. The van der Waals surface area contributed by atoms with Crippen molar-refractivity contribution in [2.24, 2.45) is 10.6 Å². The largest absolute Gasteiger partial charge is 0.294 e. The maximum Gasteiger partial charge on any atom is 0.238 e. The van der Waals surface area contributed by atoms with E-state index >= 15 is 0 Å². The van der Waals surface area contributed by atoms with Crippen molar-refractivity contribution in [3.8, 4) is 0 Å². The molecule has 8 heteroatoms. The Labute approximate surface area is 186 Å². The van der Waals surface area contributed by atoms with Gasteiger partial charge in [-0.1, -0.05) is 37.6 Å². The van der Waals surface area contributed by atoms with Crippen LogP contribution in [0.1, 0.15) is 44.6 Å².